The number of ether oxygens (including phenoxy) is 1. The number of hydrogen-bond donors (Lipinski definition) is 0. The molecule has 1 aromatic carbocycles. The molecule has 0 amide bonds. The van der Waals surface area contributed by atoms with E-state index in [2.05, 4.69) is 0 Å². The number of nitrogens with zero attached hydrogens (tertiary/aromatic N) is 1. The fourth-order valence-electron chi connectivity index (χ4n) is 1.66. The van der Waals surface area contributed by atoms with Crippen LogP contribution in [0.1, 0.15) is 27.8 Å². The van der Waals surface area contributed by atoms with E-state index in [1.54, 1.807) is 12.1 Å². The van der Waals surface area contributed by atoms with Crippen molar-refractivity contribution in [3.63, 3.8) is 0 Å². The Labute approximate surface area is 129 Å². The van der Waals surface area contributed by atoms with Gasteiger partial charge in [-0.2, -0.15) is 0 Å². The van der Waals surface area contributed by atoms with Crippen molar-refractivity contribution in [2.24, 2.45) is 0 Å². The Morgan fingerprint density at radius 3 is 2.41 bits per heavy atom. The molecular weight excluding hydrogens is 314 g/mol. The van der Waals surface area contributed by atoms with Crippen LogP contribution < -0.4 is 0 Å². The number of ketones is 1. The van der Waals surface area contributed by atoms with E-state index in [1.807, 2.05) is 0 Å². The van der Waals surface area contributed by atoms with Gasteiger partial charge in [-0.1, -0.05) is 11.6 Å². The highest BCUT2D eigenvalue weighted by Crippen LogP contribution is 2.18. The van der Waals surface area contributed by atoms with E-state index in [0.717, 1.165) is 12.1 Å². The van der Waals surface area contributed by atoms with Crippen molar-refractivity contribution < 1.29 is 23.7 Å². The summed E-state index contributed by atoms with van der Waals surface area (Å²) in [6, 6.07) is 8.24. The lowest BCUT2D eigenvalue weighted by molar-refractivity contribution is -0.402. The molecule has 0 aliphatic rings. The maximum Gasteiger partial charge on any atom is 0.433 e. The number of Topliss-reactive ketones (excluding diaryl/α,β-unsaturated/α-hetero) is 1. The van der Waals surface area contributed by atoms with Crippen LogP contribution in [0.5, 0.6) is 0 Å². The van der Waals surface area contributed by atoms with Crippen LogP contribution in [0.15, 0.2) is 40.8 Å². The average Bonchev–Trinajstić information content (AvgIpc) is 2.97. The van der Waals surface area contributed by atoms with Gasteiger partial charge in [0.15, 0.2) is 6.10 Å². The first-order valence-corrected chi connectivity index (χ1v) is 6.51. The van der Waals surface area contributed by atoms with Gasteiger partial charge in [-0.3, -0.25) is 14.9 Å². The summed E-state index contributed by atoms with van der Waals surface area (Å²) < 4.78 is 9.64. The molecule has 1 atom stereocenters. The Bertz CT molecular complexity index is 721. The van der Waals surface area contributed by atoms with Crippen molar-refractivity contribution >= 4 is 29.2 Å². The molecule has 1 aromatic heterocycles. The van der Waals surface area contributed by atoms with Crippen molar-refractivity contribution in [2.75, 3.05) is 0 Å². The molecule has 0 aliphatic carbocycles. The molecule has 0 aliphatic heterocycles. The second kappa shape index (κ2) is 6.40. The molecule has 0 saturated carbocycles. The summed E-state index contributed by atoms with van der Waals surface area (Å²) in [5.41, 5.74) is 0.329. The Morgan fingerprint density at radius 2 is 1.86 bits per heavy atom. The number of carbonyl (C=O) groups excluding carboxylic acids is 2. The molecule has 2 aromatic rings. The van der Waals surface area contributed by atoms with Crippen molar-refractivity contribution in [3.8, 4) is 0 Å². The monoisotopic (exact) mass is 323 g/mol. The van der Waals surface area contributed by atoms with Crippen molar-refractivity contribution in [2.45, 2.75) is 13.0 Å². The third-order valence-electron chi connectivity index (χ3n) is 2.75. The van der Waals surface area contributed by atoms with Gasteiger partial charge in [0.05, 0.1) is 6.07 Å². The van der Waals surface area contributed by atoms with Gasteiger partial charge in [-0.05, 0) is 37.3 Å². The molecule has 0 spiro atoms. The highest BCUT2D eigenvalue weighted by Gasteiger charge is 2.24. The third kappa shape index (κ3) is 3.50. The summed E-state index contributed by atoms with van der Waals surface area (Å²) in [6.45, 7) is 1.40. The van der Waals surface area contributed by atoms with Crippen molar-refractivity contribution in [1.82, 2.24) is 0 Å². The van der Waals surface area contributed by atoms with E-state index in [9.17, 15) is 19.7 Å². The molecule has 0 unspecified atom stereocenters. The predicted molar refractivity (Wildman–Crippen MR) is 76.0 cm³/mol. The molecule has 8 heteroatoms. The lowest BCUT2D eigenvalue weighted by Gasteiger charge is -2.11. The molecule has 0 saturated heterocycles. The van der Waals surface area contributed by atoms with E-state index in [-0.39, 0.29) is 5.76 Å². The van der Waals surface area contributed by atoms with Crippen LogP contribution >= 0.6 is 11.6 Å². The highest BCUT2D eigenvalue weighted by atomic mass is 35.5. The number of carbonyl (C=O) groups is 2. The highest BCUT2D eigenvalue weighted by molar-refractivity contribution is 6.30. The number of halogens is 1. The maximum atomic E-state index is 12.1. The van der Waals surface area contributed by atoms with Crippen LogP contribution in [-0.2, 0) is 4.74 Å². The van der Waals surface area contributed by atoms with Gasteiger partial charge in [0.25, 0.3) is 0 Å². The van der Waals surface area contributed by atoms with Crippen molar-refractivity contribution in [1.29, 1.82) is 0 Å². The first-order chi connectivity index (χ1) is 10.4. The molecule has 114 valence electrons. The standard InChI is InChI=1S/C14H10ClNO6/c1-8(13(17)9-2-4-10(15)5-3-9)21-14(18)11-6-7-12(22-11)16(19)20/h2-8H,1H3/t8-/m1/s1. The first kappa shape index (κ1) is 15.7. The van der Waals surface area contributed by atoms with E-state index in [4.69, 9.17) is 20.8 Å². The predicted octanol–water partition coefficient (Wildman–Crippen LogP) is 3.27. The minimum Gasteiger partial charge on any atom is -0.448 e. The molecule has 0 fully saturated rings. The molecule has 22 heavy (non-hydrogen) atoms. The van der Waals surface area contributed by atoms with Gasteiger partial charge in [-0.15, -0.1) is 0 Å². The second-order valence-corrected chi connectivity index (χ2v) is 4.75. The second-order valence-electron chi connectivity index (χ2n) is 4.31. The molecule has 0 N–H and O–H groups in total. The van der Waals surface area contributed by atoms with Gasteiger partial charge < -0.3 is 9.15 Å². The molecule has 0 bridgehead atoms. The van der Waals surface area contributed by atoms with Gasteiger partial charge in [0.2, 0.25) is 11.5 Å². The Hall–Kier alpha value is -2.67. The third-order valence-corrected chi connectivity index (χ3v) is 3.01. The largest absolute Gasteiger partial charge is 0.448 e. The molecule has 1 heterocycles. The zero-order chi connectivity index (χ0) is 16.3. The smallest absolute Gasteiger partial charge is 0.433 e. The van der Waals surface area contributed by atoms with Crippen molar-refractivity contribution in [3.05, 3.63) is 62.9 Å². The average molecular weight is 324 g/mol. The number of rotatable bonds is 5. The fourth-order valence-corrected chi connectivity index (χ4v) is 1.78. The number of benzene rings is 1. The van der Waals surface area contributed by atoms with Crippen LogP contribution in [0.3, 0.4) is 0 Å². The Kier molecular flexibility index (Phi) is 4.57. The summed E-state index contributed by atoms with van der Waals surface area (Å²) in [7, 11) is 0. The lowest BCUT2D eigenvalue weighted by atomic mass is 10.1. The van der Waals surface area contributed by atoms with Crippen LogP contribution in [0.2, 0.25) is 5.02 Å². The van der Waals surface area contributed by atoms with E-state index in [1.165, 1.54) is 19.1 Å². The van der Waals surface area contributed by atoms with E-state index in [0.29, 0.717) is 10.6 Å². The molecule has 2 rings (SSSR count). The maximum absolute atomic E-state index is 12.1. The number of esters is 1. The number of furan rings is 1. The zero-order valence-corrected chi connectivity index (χ0v) is 12.1. The topological polar surface area (TPSA) is 99.7 Å². The summed E-state index contributed by atoms with van der Waals surface area (Å²) >= 11 is 5.72. The summed E-state index contributed by atoms with van der Waals surface area (Å²) in [4.78, 5) is 33.5. The van der Waals surface area contributed by atoms with Crippen LogP contribution in [0.4, 0.5) is 5.88 Å². The molecule has 0 radical (unpaired) electrons. The lowest BCUT2D eigenvalue weighted by Crippen LogP contribution is -2.24. The minimum atomic E-state index is -1.07. The quantitative estimate of drug-likeness (QED) is 0.362. The summed E-state index contributed by atoms with van der Waals surface area (Å²) in [5, 5.41) is 11.0. The van der Waals surface area contributed by atoms with Gasteiger partial charge >= 0.3 is 11.9 Å². The van der Waals surface area contributed by atoms with Gasteiger partial charge in [0.1, 0.15) is 4.92 Å². The Morgan fingerprint density at radius 1 is 1.23 bits per heavy atom. The molecular formula is C14H10ClNO6. The van der Waals surface area contributed by atoms with Crippen LogP contribution in [0, 0.1) is 10.1 Å². The summed E-state index contributed by atoms with van der Waals surface area (Å²) in [5.74, 6) is -2.31. The van der Waals surface area contributed by atoms with E-state index >= 15 is 0 Å². The SMILES string of the molecule is C[C@@H](OC(=O)c1ccc([N+](=O)[O-])o1)C(=O)c1ccc(Cl)cc1. The first-order valence-electron chi connectivity index (χ1n) is 6.13. The minimum absolute atomic E-state index is 0.329. The van der Waals surface area contributed by atoms with E-state index < -0.39 is 28.7 Å². The number of nitro groups is 1. The van der Waals surface area contributed by atoms with Gasteiger partial charge in [-0.25, -0.2) is 4.79 Å². The zero-order valence-electron chi connectivity index (χ0n) is 11.3. The normalized spacial score (nSPS) is 11.7. The van der Waals surface area contributed by atoms with Crippen LogP contribution in [0.25, 0.3) is 0 Å². The van der Waals surface area contributed by atoms with Gasteiger partial charge in [0, 0.05) is 10.6 Å². The number of hydrogen-bond acceptors (Lipinski definition) is 6. The molecule has 7 nitrogen and oxygen atoms in total. The summed E-state index contributed by atoms with van der Waals surface area (Å²) in [6.07, 6.45) is -1.07. The Balaban J connectivity index is 2.05. The fraction of sp³-hybridized carbons (Fsp3) is 0.143. The van der Waals surface area contributed by atoms with Crippen LogP contribution in [-0.4, -0.2) is 22.8 Å².